The first kappa shape index (κ1) is 14.0. The summed E-state index contributed by atoms with van der Waals surface area (Å²) in [4.78, 5) is 14.9. The molecule has 2 aliphatic rings. The quantitative estimate of drug-likeness (QED) is 0.844. The Kier molecular flexibility index (Phi) is 4.06. The van der Waals surface area contributed by atoms with Crippen LogP contribution in [-0.4, -0.2) is 29.6 Å². The largest absolute Gasteiger partial charge is 0.338 e. The smallest absolute Gasteiger partial charge is 0.254 e. The van der Waals surface area contributed by atoms with E-state index in [4.69, 9.17) is 0 Å². The van der Waals surface area contributed by atoms with Crippen LogP contribution < -0.4 is 0 Å². The Labute approximate surface area is 127 Å². The van der Waals surface area contributed by atoms with E-state index in [0.717, 1.165) is 37.2 Å². The maximum Gasteiger partial charge on any atom is 0.254 e. The summed E-state index contributed by atoms with van der Waals surface area (Å²) in [6.45, 7) is 1.78. The molecular weight excluding hydrogens is 266 g/mol. The summed E-state index contributed by atoms with van der Waals surface area (Å²) >= 11 is 4.58. The number of hydrogen-bond donors (Lipinski definition) is 1. The molecule has 1 heterocycles. The molecule has 0 spiro atoms. The molecule has 0 radical (unpaired) electrons. The SMILES string of the molecule is O=C1c2ccccc2CCCN1CC1(CS)CCCC1. The summed E-state index contributed by atoms with van der Waals surface area (Å²) in [7, 11) is 0. The van der Waals surface area contributed by atoms with Gasteiger partial charge in [0.1, 0.15) is 0 Å². The molecule has 3 heteroatoms. The molecule has 1 aromatic carbocycles. The van der Waals surface area contributed by atoms with Gasteiger partial charge in [-0.25, -0.2) is 0 Å². The number of amides is 1. The van der Waals surface area contributed by atoms with E-state index < -0.39 is 0 Å². The average Bonchev–Trinajstić information content (AvgIpc) is 2.89. The zero-order chi connectivity index (χ0) is 14.0. The summed E-state index contributed by atoms with van der Waals surface area (Å²) in [5, 5.41) is 0. The van der Waals surface area contributed by atoms with Gasteiger partial charge in [-0.2, -0.15) is 12.6 Å². The van der Waals surface area contributed by atoms with Crippen LogP contribution in [0.25, 0.3) is 0 Å². The van der Waals surface area contributed by atoms with Crippen LogP contribution in [0.5, 0.6) is 0 Å². The lowest BCUT2D eigenvalue weighted by atomic mass is 9.87. The van der Waals surface area contributed by atoms with Crippen molar-refractivity contribution in [3.8, 4) is 0 Å². The summed E-state index contributed by atoms with van der Waals surface area (Å²) in [5.41, 5.74) is 2.39. The monoisotopic (exact) mass is 289 g/mol. The highest BCUT2D eigenvalue weighted by atomic mass is 32.1. The van der Waals surface area contributed by atoms with Crippen LogP contribution in [0.3, 0.4) is 0 Å². The Bertz CT molecular complexity index is 494. The number of nitrogens with zero attached hydrogens (tertiary/aromatic N) is 1. The van der Waals surface area contributed by atoms with Gasteiger partial charge in [0, 0.05) is 18.7 Å². The number of thiol groups is 1. The summed E-state index contributed by atoms with van der Waals surface area (Å²) < 4.78 is 0. The van der Waals surface area contributed by atoms with E-state index in [9.17, 15) is 4.79 Å². The first-order valence-electron chi connectivity index (χ1n) is 7.72. The van der Waals surface area contributed by atoms with Crippen LogP contribution in [0.15, 0.2) is 24.3 Å². The van der Waals surface area contributed by atoms with Crippen molar-refractivity contribution in [1.82, 2.24) is 4.90 Å². The van der Waals surface area contributed by atoms with Gasteiger partial charge in [0.25, 0.3) is 5.91 Å². The van der Waals surface area contributed by atoms with Crippen LogP contribution in [0.1, 0.15) is 48.0 Å². The van der Waals surface area contributed by atoms with E-state index in [-0.39, 0.29) is 11.3 Å². The normalized spacial score (nSPS) is 21.6. The molecule has 1 fully saturated rings. The van der Waals surface area contributed by atoms with Gasteiger partial charge < -0.3 is 4.90 Å². The summed E-state index contributed by atoms with van der Waals surface area (Å²) in [5.74, 6) is 1.13. The number of carbonyl (C=O) groups is 1. The van der Waals surface area contributed by atoms with Crippen molar-refractivity contribution in [2.24, 2.45) is 5.41 Å². The van der Waals surface area contributed by atoms with Crippen LogP contribution in [0, 0.1) is 5.41 Å². The first-order valence-corrected chi connectivity index (χ1v) is 8.35. The van der Waals surface area contributed by atoms with Crippen molar-refractivity contribution in [3.63, 3.8) is 0 Å². The van der Waals surface area contributed by atoms with Crippen molar-refractivity contribution in [2.75, 3.05) is 18.8 Å². The van der Waals surface area contributed by atoms with E-state index >= 15 is 0 Å². The predicted octanol–water partition coefficient (Wildman–Crippen LogP) is 3.57. The number of hydrogen-bond acceptors (Lipinski definition) is 2. The molecule has 0 bridgehead atoms. The van der Waals surface area contributed by atoms with Crippen molar-refractivity contribution in [1.29, 1.82) is 0 Å². The summed E-state index contributed by atoms with van der Waals surface area (Å²) in [6.07, 6.45) is 7.12. The Morgan fingerprint density at radius 3 is 2.65 bits per heavy atom. The zero-order valence-electron chi connectivity index (χ0n) is 12.0. The molecule has 1 aliphatic carbocycles. The molecule has 0 unspecified atom stereocenters. The Balaban J connectivity index is 1.82. The number of aryl methyl sites for hydroxylation is 1. The van der Waals surface area contributed by atoms with Crippen molar-refractivity contribution < 1.29 is 4.79 Å². The number of fused-ring (bicyclic) bond motifs is 1. The van der Waals surface area contributed by atoms with Gasteiger partial charge >= 0.3 is 0 Å². The lowest BCUT2D eigenvalue weighted by molar-refractivity contribution is 0.0685. The van der Waals surface area contributed by atoms with Crippen LogP contribution >= 0.6 is 12.6 Å². The van der Waals surface area contributed by atoms with E-state index in [1.165, 1.54) is 31.2 Å². The third kappa shape index (κ3) is 2.60. The minimum absolute atomic E-state index is 0.228. The molecule has 2 nitrogen and oxygen atoms in total. The average molecular weight is 289 g/mol. The lowest BCUT2D eigenvalue weighted by Gasteiger charge is -2.34. The molecule has 0 aromatic heterocycles. The Morgan fingerprint density at radius 2 is 1.90 bits per heavy atom. The van der Waals surface area contributed by atoms with Crippen molar-refractivity contribution in [3.05, 3.63) is 35.4 Å². The molecule has 1 amide bonds. The van der Waals surface area contributed by atoms with Gasteiger partial charge in [0.05, 0.1) is 0 Å². The fourth-order valence-electron chi connectivity index (χ4n) is 3.73. The number of benzene rings is 1. The molecule has 0 N–H and O–H groups in total. The molecule has 20 heavy (non-hydrogen) atoms. The van der Waals surface area contributed by atoms with E-state index in [1.807, 2.05) is 18.2 Å². The first-order chi connectivity index (χ1) is 9.74. The lowest BCUT2D eigenvalue weighted by Crippen LogP contribution is -2.41. The highest BCUT2D eigenvalue weighted by Crippen LogP contribution is 2.40. The van der Waals surface area contributed by atoms with E-state index in [2.05, 4.69) is 23.6 Å². The van der Waals surface area contributed by atoms with Gasteiger partial charge in [0.2, 0.25) is 0 Å². The molecule has 1 aliphatic heterocycles. The maximum atomic E-state index is 12.8. The van der Waals surface area contributed by atoms with Crippen LogP contribution in [0.2, 0.25) is 0 Å². The Hall–Kier alpha value is -0.960. The van der Waals surface area contributed by atoms with Gasteiger partial charge in [-0.1, -0.05) is 31.0 Å². The molecule has 1 saturated carbocycles. The highest BCUT2D eigenvalue weighted by Gasteiger charge is 2.36. The molecule has 1 aromatic rings. The van der Waals surface area contributed by atoms with Crippen LogP contribution in [-0.2, 0) is 6.42 Å². The Morgan fingerprint density at radius 1 is 1.15 bits per heavy atom. The fraction of sp³-hybridized carbons (Fsp3) is 0.588. The third-order valence-corrected chi connectivity index (χ3v) is 5.61. The van der Waals surface area contributed by atoms with Gasteiger partial charge in [0.15, 0.2) is 0 Å². The minimum Gasteiger partial charge on any atom is -0.338 e. The molecule has 0 atom stereocenters. The van der Waals surface area contributed by atoms with Crippen molar-refractivity contribution in [2.45, 2.75) is 38.5 Å². The molecule has 108 valence electrons. The van der Waals surface area contributed by atoms with E-state index in [0.29, 0.717) is 0 Å². The maximum absolute atomic E-state index is 12.8. The van der Waals surface area contributed by atoms with Gasteiger partial charge in [-0.15, -0.1) is 0 Å². The second kappa shape index (κ2) is 5.80. The fourth-order valence-corrected chi connectivity index (χ4v) is 4.14. The van der Waals surface area contributed by atoms with Crippen molar-refractivity contribution >= 4 is 18.5 Å². The molecule has 0 saturated heterocycles. The molecule has 3 rings (SSSR count). The second-order valence-corrected chi connectivity index (χ2v) is 6.67. The van der Waals surface area contributed by atoms with Gasteiger partial charge in [-0.05, 0) is 48.5 Å². The van der Waals surface area contributed by atoms with Gasteiger partial charge in [-0.3, -0.25) is 4.79 Å². The minimum atomic E-state index is 0.228. The molecular formula is C17H23NOS. The zero-order valence-corrected chi connectivity index (χ0v) is 12.9. The number of carbonyl (C=O) groups excluding carboxylic acids is 1. The highest BCUT2D eigenvalue weighted by molar-refractivity contribution is 7.80. The standard InChI is InChI=1S/C17H23NOS/c19-16-15-8-2-1-6-14(15)7-5-11-18(16)12-17(13-20)9-3-4-10-17/h1-2,6,8,20H,3-5,7,9-13H2. The van der Waals surface area contributed by atoms with Crippen LogP contribution in [0.4, 0.5) is 0 Å². The summed E-state index contributed by atoms with van der Waals surface area (Å²) in [6, 6.07) is 8.09. The second-order valence-electron chi connectivity index (χ2n) is 6.35. The van der Waals surface area contributed by atoms with E-state index in [1.54, 1.807) is 0 Å². The topological polar surface area (TPSA) is 20.3 Å². The predicted molar refractivity (Wildman–Crippen MR) is 85.4 cm³/mol. The third-order valence-electron chi connectivity index (χ3n) is 4.94. The number of rotatable bonds is 3.